The quantitative estimate of drug-likeness (QED) is 0.0273. The molecule has 0 aliphatic carbocycles. The lowest BCUT2D eigenvalue weighted by Crippen LogP contribution is -2.17. The zero-order valence-corrected chi connectivity index (χ0v) is 31.8. The van der Waals surface area contributed by atoms with Gasteiger partial charge in [-0.1, -0.05) is 109 Å². The molecule has 2 heterocycles. The van der Waals surface area contributed by atoms with Crippen LogP contribution < -0.4 is 20.4 Å². The molecule has 14 heteroatoms. The number of nitrogens with zero attached hydrogens (tertiary/aromatic N) is 6. The number of para-hydroxylation sites is 4. The van der Waals surface area contributed by atoms with Crippen LogP contribution in [0.4, 0.5) is 34.6 Å². The van der Waals surface area contributed by atoms with Gasteiger partial charge in [0.1, 0.15) is 0 Å². The molecule has 0 saturated heterocycles. The largest absolute Gasteiger partial charge is 0.307 e. The number of hydrogen-bond acceptors (Lipinski definition) is 12. The molecule has 0 radical (unpaired) electrons. The van der Waals surface area contributed by atoms with Gasteiger partial charge in [0.25, 0.3) is 0 Å². The molecule has 2 aromatic heterocycles. The zero-order chi connectivity index (χ0) is 35.8. The lowest BCUT2D eigenvalue weighted by atomic mass is 10.2. The second-order valence-electron chi connectivity index (χ2n) is 11.5. The zero-order valence-electron chi connectivity index (χ0n) is 28.5. The van der Waals surface area contributed by atoms with Crippen LogP contribution in [0.3, 0.4) is 0 Å². The summed E-state index contributed by atoms with van der Waals surface area (Å²) in [5.41, 5.74) is 3.94. The van der Waals surface area contributed by atoms with E-state index in [1.807, 2.05) is 121 Å². The fourth-order valence-corrected chi connectivity index (χ4v) is 7.21. The van der Waals surface area contributed by atoms with Crippen LogP contribution in [0.5, 0.6) is 0 Å². The second-order valence-corrected chi connectivity index (χ2v) is 14.2. The molecular formula is C38H40N10S4. The van der Waals surface area contributed by atoms with Crippen molar-refractivity contribution >= 4 is 82.6 Å². The Morgan fingerprint density at radius 3 is 1.12 bits per heavy atom. The van der Waals surface area contributed by atoms with Crippen LogP contribution in [0.2, 0.25) is 0 Å². The first kappa shape index (κ1) is 37.3. The average molecular weight is 765 g/mol. The molecule has 0 fully saturated rings. The predicted molar refractivity (Wildman–Crippen MR) is 220 cm³/mol. The summed E-state index contributed by atoms with van der Waals surface area (Å²) < 4.78 is 0.803. The molecule has 0 bridgehead atoms. The first-order chi connectivity index (χ1) is 25.6. The van der Waals surface area contributed by atoms with E-state index in [1.165, 1.54) is 0 Å². The molecule has 6 rings (SSSR count). The molecule has 0 amide bonds. The van der Waals surface area contributed by atoms with Crippen molar-refractivity contribution < 1.29 is 0 Å². The van der Waals surface area contributed by atoms with Crippen molar-refractivity contribution in [3.05, 3.63) is 131 Å². The Hall–Kier alpha value is -4.44. The molecular weight excluding hydrogens is 725 g/mol. The SMILES string of the molecule is S=c1nc(SCNCCCCCCNCSc2nc(N(c3ccccc3)c3ccccc3)[nH]c(=S)n2)nc(N(c2ccccc2)c2ccccc2)[nH]1. The molecule has 0 unspecified atom stereocenters. The predicted octanol–water partition coefficient (Wildman–Crippen LogP) is 9.86. The maximum absolute atomic E-state index is 5.48. The van der Waals surface area contributed by atoms with Gasteiger partial charge in [0.05, 0.1) is 0 Å². The highest BCUT2D eigenvalue weighted by molar-refractivity contribution is 7.99. The Balaban J connectivity index is 0.895. The van der Waals surface area contributed by atoms with E-state index in [9.17, 15) is 0 Å². The molecule has 4 aromatic carbocycles. The summed E-state index contributed by atoms with van der Waals surface area (Å²) in [4.78, 5) is 29.0. The highest BCUT2D eigenvalue weighted by Gasteiger charge is 2.17. The summed E-state index contributed by atoms with van der Waals surface area (Å²) in [5.74, 6) is 2.67. The number of benzene rings is 4. The summed E-state index contributed by atoms with van der Waals surface area (Å²) in [6, 6.07) is 40.5. The lowest BCUT2D eigenvalue weighted by molar-refractivity contribution is 0.594. The summed E-state index contributed by atoms with van der Waals surface area (Å²) in [6.45, 7) is 1.86. The Labute approximate surface area is 323 Å². The van der Waals surface area contributed by atoms with Crippen LogP contribution >= 0.6 is 48.0 Å². The number of rotatable bonds is 19. The maximum Gasteiger partial charge on any atom is 0.216 e. The van der Waals surface area contributed by atoms with Crippen LogP contribution in [-0.4, -0.2) is 54.7 Å². The highest BCUT2D eigenvalue weighted by atomic mass is 32.2. The summed E-state index contributed by atoms with van der Waals surface area (Å²) in [7, 11) is 0. The molecule has 52 heavy (non-hydrogen) atoms. The van der Waals surface area contributed by atoms with Crippen LogP contribution in [0.25, 0.3) is 0 Å². The fourth-order valence-electron chi connectivity index (χ4n) is 5.37. The van der Waals surface area contributed by atoms with Gasteiger partial charge in [-0.25, -0.2) is 0 Å². The van der Waals surface area contributed by atoms with E-state index in [1.54, 1.807) is 23.5 Å². The van der Waals surface area contributed by atoms with Crippen LogP contribution in [0.15, 0.2) is 132 Å². The highest BCUT2D eigenvalue weighted by Crippen LogP contribution is 2.33. The van der Waals surface area contributed by atoms with Crippen LogP contribution in [0.1, 0.15) is 25.7 Å². The second kappa shape index (κ2) is 20.0. The molecule has 4 N–H and O–H groups in total. The number of hydrogen-bond donors (Lipinski definition) is 4. The van der Waals surface area contributed by atoms with Gasteiger partial charge in [0.15, 0.2) is 10.3 Å². The molecule has 0 atom stereocenters. The Morgan fingerprint density at radius 2 is 0.788 bits per heavy atom. The van der Waals surface area contributed by atoms with Gasteiger partial charge < -0.3 is 20.6 Å². The van der Waals surface area contributed by atoms with Crippen molar-refractivity contribution in [2.45, 2.75) is 36.0 Å². The van der Waals surface area contributed by atoms with Gasteiger partial charge in [-0.15, -0.1) is 0 Å². The van der Waals surface area contributed by atoms with Crippen LogP contribution in [-0.2, 0) is 0 Å². The number of anilines is 6. The van der Waals surface area contributed by atoms with Crippen molar-refractivity contribution in [3.63, 3.8) is 0 Å². The topological polar surface area (TPSA) is 114 Å². The van der Waals surface area contributed by atoms with Gasteiger partial charge in [0.2, 0.25) is 21.4 Å². The first-order valence-electron chi connectivity index (χ1n) is 17.1. The van der Waals surface area contributed by atoms with Crippen molar-refractivity contribution in [1.82, 2.24) is 40.5 Å². The van der Waals surface area contributed by atoms with E-state index in [0.29, 0.717) is 43.5 Å². The van der Waals surface area contributed by atoms with E-state index in [-0.39, 0.29) is 0 Å². The number of aromatic nitrogens is 6. The van der Waals surface area contributed by atoms with E-state index < -0.39 is 0 Å². The third-order valence-electron chi connectivity index (χ3n) is 7.78. The first-order valence-corrected chi connectivity index (χ1v) is 19.9. The Bertz CT molecular complexity index is 1840. The van der Waals surface area contributed by atoms with Gasteiger partial charge in [0, 0.05) is 34.5 Å². The Kier molecular flexibility index (Phi) is 14.3. The minimum absolute atomic E-state index is 0.402. The molecule has 6 aromatic rings. The van der Waals surface area contributed by atoms with Crippen molar-refractivity contribution in [2.75, 3.05) is 34.6 Å². The van der Waals surface area contributed by atoms with Gasteiger partial charge >= 0.3 is 0 Å². The van der Waals surface area contributed by atoms with Gasteiger partial charge in [-0.2, -0.15) is 19.9 Å². The number of unbranched alkanes of at least 4 members (excludes halogenated alkanes) is 3. The van der Waals surface area contributed by atoms with E-state index >= 15 is 0 Å². The smallest absolute Gasteiger partial charge is 0.216 e. The molecule has 0 saturated carbocycles. The third-order valence-corrected chi connectivity index (χ3v) is 9.75. The summed E-state index contributed by atoms with van der Waals surface area (Å²) >= 11 is 14.1. The summed E-state index contributed by atoms with van der Waals surface area (Å²) in [5, 5.41) is 8.29. The van der Waals surface area contributed by atoms with Gasteiger partial charge in [-0.05, 0) is 98.9 Å². The number of nitrogens with one attached hydrogen (secondary N) is 4. The molecule has 0 aliphatic rings. The Morgan fingerprint density at radius 1 is 0.462 bits per heavy atom. The normalized spacial score (nSPS) is 11.0. The summed E-state index contributed by atoms with van der Waals surface area (Å²) in [6.07, 6.45) is 4.51. The number of H-pyrrole nitrogens is 2. The molecule has 0 aliphatic heterocycles. The van der Waals surface area contributed by atoms with E-state index in [4.69, 9.17) is 34.4 Å². The third kappa shape index (κ3) is 11.0. The molecule has 10 nitrogen and oxygen atoms in total. The van der Waals surface area contributed by atoms with Crippen molar-refractivity contribution in [3.8, 4) is 0 Å². The lowest BCUT2D eigenvalue weighted by Gasteiger charge is -2.23. The fraction of sp³-hybridized carbons (Fsp3) is 0.211. The number of thioether (sulfide) groups is 2. The van der Waals surface area contributed by atoms with E-state index in [0.717, 1.165) is 61.5 Å². The minimum Gasteiger partial charge on any atom is -0.307 e. The maximum atomic E-state index is 5.48. The standard InChI is InChI=1S/C38H40N10S4/c49-35-41-33(47(29-17-7-3-8-18-29)30-19-9-4-10-20-30)43-37(45-35)51-27-39-25-15-1-2-16-26-40-28-52-38-44-34(42-36(50)46-38)48(31-21-11-5-12-22-31)32-23-13-6-14-24-32/h3-14,17-24,39-40H,1-2,15-16,25-28H2,(H,41,43,45,49)(H,42,44,46,50). The molecule has 266 valence electrons. The van der Waals surface area contributed by atoms with E-state index in [2.05, 4.69) is 40.4 Å². The van der Waals surface area contributed by atoms with Crippen molar-refractivity contribution in [1.29, 1.82) is 0 Å². The molecule has 0 spiro atoms. The van der Waals surface area contributed by atoms with Crippen LogP contribution in [0, 0.1) is 9.54 Å². The minimum atomic E-state index is 0.402. The average Bonchev–Trinajstić information content (AvgIpc) is 3.17. The monoisotopic (exact) mass is 764 g/mol. The van der Waals surface area contributed by atoms with Crippen molar-refractivity contribution in [2.24, 2.45) is 0 Å². The number of aromatic amines is 2. The van der Waals surface area contributed by atoms with Gasteiger partial charge in [-0.3, -0.25) is 9.80 Å².